The molecule has 3 nitrogen and oxygen atoms in total. The summed E-state index contributed by atoms with van der Waals surface area (Å²) in [6, 6.07) is 9.41. The van der Waals surface area contributed by atoms with Crippen LogP contribution in [0.2, 0.25) is 0 Å². The molecule has 0 aliphatic heterocycles. The van der Waals surface area contributed by atoms with Crippen LogP contribution in [0.25, 0.3) is 10.9 Å². The van der Waals surface area contributed by atoms with Gasteiger partial charge in [-0.15, -0.1) is 0 Å². The SMILES string of the molecule is COCn1ccc2c(CNC3CC3)cccc21. The molecule has 3 rings (SSSR count). The van der Waals surface area contributed by atoms with E-state index in [1.54, 1.807) is 7.11 Å². The van der Waals surface area contributed by atoms with Crippen LogP contribution < -0.4 is 5.32 Å². The molecule has 0 bridgehead atoms. The van der Waals surface area contributed by atoms with E-state index in [2.05, 4.69) is 40.3 Å². The first-order valence-electron chi connectivity index (χ1n) is 6.17. The number of hydrogen-bond donors (Lipinski definition) is 1. The zero-order valence-corrected chi connectivity index (χ0v) is 10.1. The Morgan fingerprint density at radius 2 is 2.24 bits per heavy atom. The fourth-order valence-corrected chi connectivity index (χ4v) is 2.23. The summed E-state index contributed by atoms with van der Waals surface area (Å²) in [5.41, 5.74) is 2.63. The minimum Gasteiger partial charge on any atom is -0.364 e. The number of nitrogens with one attached hydrogen (secondary N) is 1. The van der Waals surface area contributed by atoms with Gasteiger partial charge in [-0.05, 0) is 30.5 Å². The molecule has 90 valence electrons. The van der Waals surface area contributed by atoms with Gasteiger partial charge in [0.25, 0.3) is 0 Å². The van der Waals surface area contributed by atoms with Gasteiger partial charge in [-0.3, -0.25) is 0 Å². The predicted octanol–water partition coefficient (Wildman–Crippen LogP) is 2.50. The fourth-order valence-electron chi connectivity index (χ4n) is 2.23. The van der Waals surface area contributed by atoms with E-state index in [1.807, 2.05) is 0 Å². The van der Waals surface area contributed by atoms with Crippen molar-refractivity contribution in [2.75, 3.05) is 7.11 Å². The van der Waals surface area contributed by atoms with Crippen molar-refractivity contribution in [2.45, 2.75) is 32.2 Å². The fraction of sp³-hybridized carbons (Fsp3) is 0.429. The van der Waals surface area contributed by atoms with Gasteiger partial charge in [-0.1, -0.05) is 12.1 Å². The van der Waals surface area contributed by atoms with Crippen molar-refractivity contribution in [3.05, 3.63) is 36.0 Å². The highest BCUT2D eigenvalue weighted by Crippen LogP contribution is 2.23. The molecule has 1 saturated carbocycles. The summed E-state index contributed by atoms with van der Waals surface area (Å²) in [7, 11) is 1.73. The van der Waals surface area contributed by atoms with E-state index in [1.165, 1.54) is 29.3 Å². The lowest BCUT2D eigenvalue weighted by Gasteiger charge is -2.07. The van der Waals surface area contributed by atoms with Crippen molar-refractivity contribution in [1.29, 1.82) is 0 Å². The molecule has 1 aromatic carbocycles. The second-order valence-electron chi connectivity index (χ2n) is 4.71. The number of ether oxygens (including phenoxy) is 1. The third-order valence-corrected chi connectivity index (χ3v) is 3.33. The summed E-state index contributed by atoms with van der Waals surface area (Å²) < 4.78 is 7.32. The van der Waals surface area contributed by atoms with Gasteiger partial charge in [0.1, 0.15) is 6.73 Å². The summed E-state index contributed by atoms with van der Waals surface area (Å²) in [4.78, 5) is 0. The number of aromatic nitrogens is 1. The molecule has 1 aliphatic rings. The van der Waals surface area contributed by atoms with Crippen LogP contribution in [0, 0.1) is 0 Å². The first-order chi connectivity index (χ1) is 8.38. The van der Waals surface area contributed by atoms with Crippen LogP contribution in [-0.2, 0) is 18.0 Å². The zero-order chi connectivity index (χ0) is 11.7. The number of nitrogens with zero attached hydrogens (tertiary/aromatic N) is 1. The lowest BCUT2D eigenvalue weighted by Crippen LogP contribution is -2.15. The van der Waals surface area contributed by atoms with E-state index >= 15 is 0 Å². The Morgan fingerprint density at radius 1 is 1.35 bits per heavy atom. The third-order valence-electron chi connectivity index (χ3n) is 3.33. The first kappa shape index (κ1) is 10.8. The van der Waals surface area contributed by atoms with Crippen LogP contribution in [0.1, 0.15) is 18.4 Å². The van der Waals surface area contributed by atoms with Gasteiger partial charge in [-0.2, -0.15) is 0 Å². The van der Waals surface area contributed by atoms with Crippen LogP contribution in [0.5, 0.6) is 0 Å². The van der Waals surface area contributed by atoms with Crippen LogP contribution >= 0.6 is 0 Å². The average molecular weight is 230 g/mol. The number of fused-ring (bicyclic) bond motifs is 1. The Labute approximate surface area is 101 Å². The molecule has 0 amide bonds. The van der Waals surface area contributed by atoms with E-state index in [-0.39, 0.29) is 0 Å². The van der Waals surface area contributed by atoms with Crippen molar-refractivity contribution in [2.24, 2.45) is 0 Å². The van der Waals surface area contributed by atoms with E-state index in [0.29, 0.717) is 6.73 Å². The Bertz CT molecular complexity index is 514. The largest absolute Gasteiger partial charge is 0.364 e. The maximum absolute atomic E-state index is 5.19. The van der Waals surface area contributed by atoms with Gasteiger partial charge in [-0.25, -0.2) is 0 Å². The van der Waals surface area contributed by atoms with Gasteiger partial charge < -0.3 is 14.6 Å². The molecule has 17 heavy (non-hydrogen) atoms. The van der Waals surface area contributed by atoms with Gasteiger partial charge in [0, 0.05) is 31.3 Å². The number of hydrogen-bond acceptors (Lipinski definition) is 2. The second-order valence-corrected chi connectivity index (χ2v) is 4.71. The molecule has 1 fully saturated rings. The maximum atomic E-state index is 5.19. The van der Waals surface area contributed by atoms with E-state index < -0.39 is 0 Å². The Morgan fingerprint density at radius 3 is 3.00 bits per heavy atom. The Balaban J connectivity index is 1.89. The van der Waals surface area contributed by atoms with E-state index in [4.69, 9.17) is 4.74 Å². The van der Waals surface area contributed by atoms with E-state index in [0.717, 1.165) is 12.6 Å². The first-order valence-corrected chi connectivity index (χ1v) is 6.17. The normalized spacial score (nSPS) is 15.6. The standard InChI is InChI=1S/C14H18N2O/c1-17-10-16-8-7-13-11(3-2-4-14(13)16)9-15-12-5-6-12/h2-4,7-8,12,15H,5-6,9-10H2,1H3. The quantitative estimate of drug-likeness (QED) is 0.854. The highest BCUT2D eigenvalue weighted by molar-refractivity contribution is 5.83. The van der Waals surface area contributed by atoms with Gasteiger partial charge in [0.15, 0.2) is 0 Å². The van der Waals surface area contributed by atoms with Gasteiger partial charge in [0.05, 0.1) is 5.52 Å². The molecular formula is C14H18N2O. The molecule has 3 heteroatoms. The second kappa shape index (κ2) is 4.51. The van der Waals surface area contributed by atoms with Crippen LogP contribution in [0.3, 0.4) is 0 Å². The summed E-state index contributed by atoms with van der Waals surface area (Å²) in [6.07, 6.45) is 4.76. The monoisotopic (exact) mass is 230 g/mol. The molecule has 1 heterocycles. The molecule has 0 radical (unpaired) electrons. The van der Waals surface area contributed by atoms with Crippen molar-refractivity contribution in [1.82, 2.24) is 9.88 Å². The number of methoxy groups -OCH3 is 1. The number of benzene rings is 1. The molecule has 0 saturated heterocycles. The topological polar surface area (TPSA) is 26.2 Å². The Hall–Kier alpha value is -1.32. The van der Waals surface area contributed by atoms with Crippen molar-refractivity contribution in [3.63, 3.8) is 0 Å². The van der Waals surface area contributed by atoms with Crippen molar-refractivity contribution in [3.8, 4) is 0 Å². The lowest BCUT2D eigenvalue weighted by molar-refractivity contribution is 0.135. The van der Waals surface area contributed by atoms with Gasteiger partial charge in [0.2, 0.25) is 0 Å². The molecule has 0 spiro atoms. The molecule has 0 atom stereocenters. The molecular weight excluding hydrogens is 212 g/mol. The highest BCUT2D eigenvalue weighted by Gasteiger charge is 2.20. The molecule has 0 unspecified atom stereocenters. The molecule has 2 aromatic rings. The Kier molecular flexibility index (Phi) is 2.87. The third kappa shape index (κ3) is 2.21. The maximum Gasteiger partial charge on any atom is 0.122 e. The van der Waals surface area contributed by atoms with Crippen LogP contribution in [0.4, 0.5) is 0 Å². The lowest BCUT2D eigenvalue weighted by atomic mass is 10.1. The minimum absolute atomic E-state index is 0.614. The predicted molar refractivity (Wildman–Crippen MR) is 68.8 cm³/mol. The molecule has 1 aromatic heterocycles. The van der Waals surface area contributed by atoms with Crippen molar-refractivity contribution >= 4 is 10.9 Å². The highest BCUT2D eigenvalue weighted by atomic mass is 16.5. The minimum atomic E-state index is 0.614. The average Bonchev–Trinajstić information content (AvgIpc) is 3.09. The molecule has 1 aliphatic carbocycles. The summed E-state index contributed by atoms with van der Waals surface area (Å²) in [6.45, 7) is 1.59. The summed E-state index contributed by atoms with van der Waals surface area (Å²) in [5, 5.41) is 4.90. The molecule has 1 N–H and O–H groups in total. The number of rotatable bonds is 5. The summed E-state index contributed by atoms with van der Waals surface area (Å²) in [5.74, 6) is 0. The smallest absolute Gasteiger partial charge is 0.122 e. The summed E-state index contributed by atoms with van der Waals surface area (Å²) >= 11 is 0. The van der Waals surface area contributed by atoms with Crippen LogP contribution in [0.15, 0.2) is 30.5 Å². The van der Waals surface area contributed by atoms with E-state index in [9.17, 15) is 0 Å². The van der Waals surface area contributed by atoms with Gasteiger partial charge >= 0.3 is 0 Å². The van der Waals surface area contributed by atoms with Crippen LogP contribution in [-0.4, -0.2) is 17.7 Å². The van der Waals surface area contributed by atoms with Crippen molar-refractivity contribution < 1.29 is 4.74 Å². The zero-order valence-electron chi connectivity index (χ0n) is 10.1.